The second-order valence-corrected chi connectivity index (χ2v) is 6.24. The Kier molecular flexibility index (Phi) is 3.13. The molecule has 1 heterocycles. The molecule has 2 aliphatic carbocycles. The number of hydrogen-bond donors (Lipinski definition) is 1. The second kappa shape index (κ2) is 5.14. The van der Waals surface area contributed by atoms with Gasteiger partial charge in [0.1, 0.15) is 11.6 Å². The minimum absolute atomic E-state index is 0.577. The van der Waals surface area contributed by atoms with Crippen LogP contribution >= 0.6 is 0 Å². The Balaban J connectivity index is 1.80. The van der Waals surface area contributed by atoms with E-state index in [2.05, 4.69) is 40.6 Å². The number of benzene rings is 1. The van der Waals surface area contributed by atoms with Gasteiger partial charge in [0.2, 0.25) is 0 Å². The van der Waals surface area contributed by atoms with Crippen LogP contribution in [0.15, 0.2) is 30.3 Å². The number of hydrogen-bond acceptors (Lipinski definition) is 3. The zero-order chi connectivity index (χ0) is 14.2. The SMILES string of the molecule is CNc1cc(-c2ccccc2C2CCC2)nc(C2CC2)n1. The molecule has 0 amide bonds. The molecule has 2 saturated carbocycles. The molecule has 1 aromatic carbocycles. The van der Waals surface area contributed by atoms with Gasteiger partial charge in [0, 0.05) is 24.6 Å². The van der Waals surface area contributed by atoms with Crippen LogP contribution in [0.2, 0.25) is 0 Å². The molecule has 2 aliphatic rings. The van der Waals surface area contributed by atoms with E-state index in [9.17, 15) is 0 Å². The molecule has 0 aliphatic heterocycles. The van der Waals surface area contributed by atoms with Crippen LogP contribution in [0.3, 0.4) is 0 Å². The fourth-order valence-electron chi connectivity index (χ4n) is 3.06. The smallest absolute Gasteiger partial charge is 0.134 e. The van der Waals surface area contributed by atoms with Crippen molar-refractivity contribution in [3.63, 3.8) is 0 Å². The minimum Gasteiger partial charge on any atom is -0.373 e. The summed E-state index contributed by atoms with van der Waals surface area (Å²) in [5.41, 5.74) is 3.84. The van der Waals surface area contributed by atoms with Gasteiger partial charge in [-0.2, -0.15) is 0 Å². The fraction of sp³-hybridized carbons (Fsp3) is 0.444. The quantitative estimate of drug-likeness (QED) is 0.905. The Morgan fingerprint density at radius 2 is 1.81 bits per heavy atom. The standard InChI is InChI=1S/C18H21N3/c1-19-17-11-16(20-18(21-17)13-9-10-13)15-8-3-2-7-14(15)12-5-4-6-12/h2-3,7-8,11-13H,4-6,9-10H2,1H3,(H,19,20,21). The second-order valence-electron chi connectivity index (χ2n) is 6.24. The van der Waals surface area contributed by atoms with Crippen LogP contribution in [-0.2, 0) is 0 Å². The summed E-state index contributed by atoms with van der Waals surface area (Å²) >= 11 is 0. The van der Waals surface area contributed by atoms with Crippen molar-refractivity contribution >= 4 is 5.82 Å². The van der Waals surface area contributed by atoms with Crippen LogP contribution in [0.4, 0.5) is 5.82 Å². The normalized spacial score (nSPS) is 18.3. The van der Waals surface area contributed by atoms with E-state index in [1.165, 1.54) is 43.2 Å². The highest BCUT2D eigenvalue weighted by Crippen LogP contribution is 2.42. The molecule has 4 rings (SSSR count). The highest BCUT2D eigenvalue weighted by atomic mass is 15.0. The molecule has 3 heteroatoms. The molecule has 1 aromatic heterocycles. The van der Waals surface area contributed by atoms with E-state index in [4.69, 9.17) is 4.98 Å². The van der Waals surface area contributed by atoms with Crippen molar-refractivity contribution < 1.29 is 0 Å². The Morgan fingerprint density at radius 1 is 1.00 bits per heavy atom. The molecule has 2 aromatic rings. The Bertz CT molecular complexity index is 657. The summed E-state index contributed by atoms with van der Waals surface area (Å²) in [5.74, 6) is 3.25. The molecular formula is C18H21N3. The molecule has 0 atom stereocenters. The van der Waals surface area contributed by atoms with Crippen molar-refractivity contribution in [3.8, 4) is 11.3 Å². The first-order chi connectivity index (χ1) is 10.3. The minimum atomic E-state index is 0.577. The first kappa shape index (κ1) is 12.8. The molecule has 0 unspecified atom stereocenters. The number of nitrogens with one attached hydrogen (secondary N) is 1. The molecular weight excluding hydrogens is 258 g/mol. The summed E-state index contributed by atoms with van der Waals surface area (Å²) in [6, 6.07) is 10.8. The molecule has 108 valence electrons. The average molecular weight is 279 g/mol. The summed E-state index contributed by atoms with van der Waals surface area (Å²) in [7, 11) is 1.93. The average Bonchev–Trinajstić information content (AvgIpc) is 3.30. The topological polar surface area (TPSA) is 37.8 Å². The predicted octanol–water partition coefficient (Wildman–Crippen LogP) is 4.33. The van der Waals surface area contributed by atoms with Crippen LogP contribution in [0.5, 0.6) is 0 Å². The van der Waals surface area contributed by atoms with Crippen molar-refractivity contribution in [1.29, 1.82) is 0 Å². The van der Waals surface area contributed by atoms with Crippen LogP contribution in [0.1, 0.15) is 55.3 Å². The predicted molar refractivity (Wildman–Crippen MR) is 85.6 cm³/mol. The maximum Gasteiger partial charge on any atom is 0.134 e. The van der Waals surface area contributed by atoms with E-state index in [1.54, 1.807) is 0 Å². The summed E-state index contributed by atoms with van der Waals surface area (Å²) in [6.45, 7) is 0. The Labute approximate surface area is 125 Å². The van der Waals surface area contributed by atoms with Crippen LogP contribution in [-0.4, -0.2) is 17.0 Å². The summed E-state index contributed by atoms with van der Waals surface area (Å²) in [6.07, 6.45) is 6.46. The summed E-state index contributed by atoms with van der Waals surface area (Å²) < 4.78 is 0. The molecule has 0 bridgehead atoms. The zero-order valence-electron chi connectivity index (χ0n) is 12.5. The highest BCUT2D eigenvalue weighted by molar-refractivity contribution is 5.67. The van der Waals surface area contributed by atoms with Crippen LogP contribution in [0.25, 0.3) is 11.3 Å². The van der Waals surface area contributed by atoms with E-state index in [0.717, 1.165) is 23.3 Å². The third-order valence-corrected chi connectivity index (χ3v) is 4.72. The number of nitrogens with zero attached hydrogens (tertiary/aromatic N) is 2. The fourth-order valence-corrected chi connectivity index (χ4v) is 3.06. The van der Waals surface area contributed by atoms with Crippen molar-refractivity contribution in [3.05, 3.63) is 41.7 Å². The van der Waals surface area contributed by atoms with Gasteiger partial charge in [-0.3, -0.25) is 0 Å². The van der Waals surface area contributed by atoms with Gasteiger partial charge in [0.25, 0.3) is 0 Å². The highest BCUT2D eigenvalue weighted by Gasteiger charge is 2.28. The van der Waals surface area contributed by atoms with Crippen molar-refractivity contribution in [1.82, 2.24) is 9.97 Å². The van der Waals surface area contributed by atoms with Gasteiger partial charge in [-0.15, -0.1) is 0 Å². The van der Waals surface area contributed by atoms with Gasteiger partial charge in [0.15, 0.2) is 0 Å². The molecule has 1 N–H and O–H groups in total. The summed E-state index contributed by atoms with van der Waals surface area (Å²) in [5, 5.41) is 3.19. The third-order valence-electron chi connectivity index (χ3n) is 4.72. The van der Waals surface area contributed by atoms with Gasteiger partial charge in [-0.05, 0) is 37.2 Å². The van der Waals surface area contributed by atoms with E-state index in [1.807, 2.05) is 7.05 Å². The first-order valence-corrected chi connectivity index (χ1v) is 8.01. The maximum atomic E-state index is 4.86. The van der Waals surface area contributed by atoms with E-state index >= 15 is 0 Å². The lowest BCUT2D eigenvalue weighted by Crippen LogP contribution is -2.10. The van der Waals surface area contributed by atoms with Crippen LogP contribution < -0.4 is 5.32 Å². The first-order valence-electron chi connectivity index (χ1n) is 8.01. The molecule has 0 saturated heterocycles. The Morgan fingerprint density at radius 3 is 2.48 bits per heavy atom. The number of aromatic nitrogens is 2. The molecule has 0 spiro atoms. The Hall–Kier alpha value is -1.90. The molecule has 21 heavy (non-hydrogen) atoms. The monoisotopic (exact) mass is 279 g/mol. The number of rotatable bonds is 4. The van der Waals surface area contributed by atoms with E-state index in [0.29, 0.717) is 5.92 Å². The third kappa shape index (κ3) is 2.41. The van der Waals surface area contributed by atoms with Crippen molar-refractivity contribution in [2.75, 3.05) is 12.4 Å². The molecule has 3 nitrogen and oxygen atoms in total. The van der Waals surface area contributed by atoms with Crippen molar-refractivity contribution in [2.45, 2.75) is 43.9 Å². The van der Waals surface area contributed by atoms with E-state index in [-0.39, 0.29) is 0 Å². The maximum absolute atomic E-state index is 4.86. The van der Waals surface area contributed by atoms with Crippen molar-refractivity contribution in [2.24, 2.45) is 0 Å². The van der Waals surface area contributed by atoms with Gasteiger partial charge >= 0.3 is 0 Å². The van der Waals surface area contributed by atoms with E-state index < -0.39 is 0 Å². The molecule has 2 fully saturated rings. The lowest BCUT2D eigenvalue weighted by Gasteiger charge is -2.27. The number of anilines is 1. The summed E-state index contributed by atoms with van der Waals surface area (Å²) in [4.78, 5) is 9.49. The van der Waals surface area contributed by atoms with Gasteiger partial charge in [0.05, 0.1) is 5.69 Å². The largest absolute Gasteiger partial charge is 0.373 e. The lowest BCUT2D eigenvalue weighted by atomic mass is 9.78. The van der Waals surface area contributed by atoms with Crippen LogP contribution in [0, 0.1) is 0 Å². The van der Waals surface area contributed by atoms with Gasteiger partial charge in [-0.25, -0.2) is 9.97 Å². The molecule has 0 radical (unpaired) electrons. The van der Waals surface area contributed by atoms with Gasteiger partial charge in [-0.1, -0.05) is 30.7 Å². The zero-order valence-corrected chi connectivity index (χ0v) is 12.5. The van der Waals surface area contributed by atoms with Gasteiger partial charge < -0.3 is 5.32 Å². The lowest BCUT2D eigenvalue weighted by molar-refractivity contribution is 0.420.